The van der Waals surface area contributed by atoms with Gasteiger partial charge in [0.2, 0.25) is 15.6 Å². The molecule has 2 heterocycles. The smallest absolute Gasteiger partial charge is 0.247 e. The molecule has 2 atom stereocenters. The lowest BCUT2D eigenvalue weighted by molar-refractivity contribution is 0.107. The quantitative estimate of drug-likeness (QED) is 0.812. The molecular weight excluding hydrogens is 256 g/mol. The number of rotatable bonds is 4. The number of H-pyrrole nitrogens is 1. The van der Waals surface area contributed by atoms with Crippen molar-refractivity contribution in [2.45, 2.75) is 24.3 Å². The molecule has 0 radical (unpaired) electrons. The van der Waals surface area contributed by atoms with Crippen molar-refractivity contribution < 1.29 is 13.2 Å². The van der Waals surface area contributed by atoms with Gasteiger partial charge in [0.1, 0.15) is 0 Å². The van der Waals surface area contributed by atoms with Crippen molar-refractivity contribution in [3.8, 4) is 0 Å². The Bertz CT molecular complexity index is 546. The Balaban J connectivity index is 2.03. The normalized spacial score (nSPS) is 24.3. The lowest BCUT2D eigenvalue weighted by Crippen LogP contribution is -2.32. The third kappa shape index (κ3) is 2.98. The van der Waals surface area contributed by atoms with Crippen molar-refractivity contribution in [3.05, 3.63) is 28.7 Å². The minimum Gasteiger partial charge on any atom is -0.378 e. The van der Waals surface area contributed by atoms with Gasteiger partial charge < -0.3 is 9.72 Å². The minimum atomic E-state index is -3.56. The maximum atomic E-state index is 11.9. The number of hydrogen-bond acceptors (Lipinski definition) is 4. The van der Waals surface area contributed by atoms with E-state index in [9.17, 15) is 13.2 Å². The van der Waals surface area contributed by atoms with E-state index in [1.54, 1.807) is 0 Å². The molecule has 6 nitrogen and oxygen atoms in total. The molecule has 1 aliphatic heterocycles. The highest BCUT2D eigenvalue weighted by atomic mass is 32.2. The van der Waals surface area contributed by atoms with Crippen LogP contribution in [0.25, 0.3) is 0 Å². The van der Waals surface area contributed by atoms with E-state index in [4.69, 9.17) is 4.74 Å². The Morgan fingerprint density at radius 1 is 1.50 bits per heavy atom. The summed E-state index contributed by atoms with van der Waals surface area (Å²) < 4.78 is 31.8. The fraction of sp³-hybridized carbons (Fsp3) is 0.545. The van der Waals surface area contributed by atoms with Gasteiger partial charge in [0.15, 0.2) is 0 Å². The Morgan fingerprint density at radius 2 is 2.28 bits per heavy atom. The molecule has 2 unspecified atom stereocenters. The summed E-state index contributed by atoms with van der Waals surface area (Å²) in [6.07, 6.45) is 2.12. The molecule has 2 N–H and O–H groups in total. The number of hydrogen-bond donors (Lipinski definition) is 2. The highest BCUT2D eigenvalue weighted by Gasteiger charge is 2.26. The monoisotopic (exact) mass is 272 g/mol. The molecule has 1 aromatic heterocycles. The van der Waals surface area contributed by atoms with Crippen LogP contribution >= 0.6 is 0 Å². The Kier molecular flexibility index (Phi) is 3.84. The van der Waals surface area contributed by atoms with Crippen LogP contribution in [0.4, 0.5) is 0 Å². The van der Waals surface area contributed by atoms with Gasteiger partial charge in [-0.25, -0.2) is 13.1 Å². The predicted molar refractivity (Wildman–Crippen MR) is 65.8 cm³/mol. The minimum absolute atomic E-state index is 0.0636. The molecule has 1 saturated heterocycles. The maximum absolute atomic E-state index is 11.9. The van der Waals surface area contributed by atoms with Gasteiger partial charge in [-0.1, -0.05) is 0 Å². The van der Waals surface area contributed by atoms with E-state index < -0.39 is 10.0 Å². The number of ether oxygens (including phenoxy) is 1. The molecule has 1 fully saturated rings. The van der Waals surface area contributed by atoms with Crippen molar-refractivity contribution in [3.63, 3.8) is 0 Å². The van der Waals surface area contributed by atoms with Gasteiger partial charge >= 0.3 is 0 Å². The zero-order valence-corrected chi connectivity index (χ0v) is 10.9. The predicted octanol–water partition coefficient (Wildman–Crippen LogP) is 0.0782. The highest BCUT2D eigenvalue weighted by Crippen LogP contribution is 2.20. The van der Waals surface area contributed by atoms with E-state index >= 15 is 0 Å². The summed E-state index contributed by atoms with van der Waals surface area (Å²) in [6.45, 7) is 2.96. The molecule has 100 valence electrons. The Hall–Kier alpha value is -1.18. The highest BCUT2D eigenvalue weighted by molar-refractivity contribution is 7.89. The largest absolute Gasteiger partial charge is 0.378 e. The average Bonchev–Trinajstić information content (AvgIpc) is 2.73. The summed E-state index contributed by atoms with van der Waals surface area (Å²) in [5.41, 5.74) is -0.327. The first-order valence-electron chi connectivity index (χ1n) is 5.79. The number of sulfonamides is 1. The molecule has 0 spiro atoms. The molecular formula is C11H16N2O4S. The maximum Gasteiger partial charge on any atom is 0.247 e. The summed E-state index contributed by atoms with van der Waals surface area (Å²) in [5, 5.41) is 0. The first kappa shape index (κ1) is 13.3. The fourth-order valence-corrected chi connectivity index (χ4v) is 2.97. The first-order chi connectivity index (χ1) is 8.49. The van der Waals surface area contributed by atoms with Crippen LogP contribution in [0, 0.1) is 5.92 Å². The topological polar surface area (TPSA) is 88.3 Å². The summed E-state index contributed by atoms with van der Waals surface area (Å²) >= 11 is 0. The van der Waals surface area contributed by atoms with Gasteiger partial charge in [-0.15, -0.1) is 0 Å². The summed E-state index contributed by atoms with van der Waals surface area (Å²) in [7, 11) is -3.56. The van der Waals surface area contributed by atoms with Gasteiger partial charge in [-0.2, -0.15) is 0 Å². The molecule has 1 aliphatic rings. The SMILES string of the molecule is CC1OCCC1CNS(=O)(=O)c1ccc(=O)[nH]c1. The Morgan fingerprint density at radius 3 is 2.83 bits per heavy atom. The van der Waals surface area contributed by atoms with Gasteiger partial charge in [-0.3, -0.25) is 4.79 Å². The molecule has 1 aromatic rings. The molecule has 18 heavy (non-hydrogen) atoms. The number of nitrogens with one attached hydrogen (secondary N) is 2. The molecule has 7 heteroatoms. The summed E-state index contributed by atoms with van der Waals surface area (Å²) in [6, 6.07) is 2.48. The molecule has 0 saturated carbocycles. The van der Waals surface area contributed by atoms with Crippen LogP contribution in [0.5, 0.6) is 0 Å². The van der Waals surface area contributed by atoms with Gasteiger partial charge in [0.25, 0.3) is 0 Å². The lowest BCUT2D eigenvalue weighted by Gasteiger charge is -2.14. The zero-order valence-electron chi connectivity index (χ0n) is 10.0. The second-order valence-corrected chi connectivity index (χ2v) is 6.13. The van der Waals surface area contributed by atoms with E-state index in [1.165, 1.54) is 18.3 Å². The fourth-order valence-electron chi connectivity index (χ4n) is 1.91. The van der Waals surface area contributed by atoms with Gasteiger partial charge in [0.05, 0.1) is 11.0 Å². The van der Waals surface area contributed by atoms with Crippen molar-refractivity contribution >= 4 is 10.0 Å². The lowest BCUT2D eigenvalue weighted by atomic mass is 10.0. The summed E-state index contributed by atoms with van der Waals surface area (Å²) in [4.78, 5) is 13.3. The molecule has 0 bridgehead atoms. The molecule has 2 rings (SSSR count). The Labute approximate surface area is 105 Å². The van der Waals surface area contributed by atoms with E-state index in [2.05, 4.69) is 9.71 Å². The van der Waals surface area contributed by atoms with Crippen LogP contribution in [0.1, 0.15) is 13.3 Å². The average molecular weight is 272 g/mol. The molecule has 0 amide bonds. The van der Waals surface area contributed by atoms with Crippen molar-refractivity contribution in [2.24, 2.45) is 5.92 Å². The summed E-state index contributed by atoms with van der Waals surface area (Å²) in [5.74, 6) is 0.197. The van der Waals surface area contributed by atoms with Gasteiger partial charge in [-0.05, 0) is 19.4 Å². The van der Waals surface area contributed by atoms with Crippen LogP contribution in [0.15, 0.2) is 28.0 Å². The van der Waals surface area contributed by atoms with Crippen LogP contribution in [-0.4, -0.2) is 32.7 Å². The van der Waals surface area contributed by atoms with Gasteiger partial charge in [0, 0.05) is 31.3 Å². The van der Waals surface area contributed by atoms with E-state index in [-0.39, 0.29) is 22.5 Å². The standard InChI is InChI=1S/C11H16N2O4S/c1-8-9(4-5-17-8)6-13-18(15,16)10-2-3-11(14)12-7-10/h2-3,7-9,13H,4-6H2,1H3,(H,12,14). The third-order valence-electron chi connectivity index (χ3n) is 3.13. The number of aromatic nitrogens is 1. The second kappa shape index (κ2) is 5.21. The number of aromatic amines is 1. The van der Waals surface area contributed by atoms with Crippen molar-refractivity contribution in [1.82, 2.24) is 9.71 Å². The van der Waals surface area contributed by atoms with Crippen molar-refractivity contribution in [1.29, 1.82) is 0 Å². The third-order valence-corrected chi connectivity index (χ3v) is 4.56. The van der Waals surface area contributed by atoms with E-state index in [0.29, 0.717) is 13.2 Å². The van der Waals surface area contributed by atoms with Crippen LogP contribution < -0.4 is 10.3 Å². The molecule has 0 aliphatic carbocycles. The van der Waals surface area contributed by atoms with E-state index in [0.717, 1.165) is 6.42 Å². The first-order valence-corrected chi connectivity index (χ1v) is 7.27. The zero-order chi connectivity index (χ0) is 13.2. The number of pyridine rings is 1. The van der Waals surface area contributed by atoms with Crippen LogP contribution in [0.3, 0.4) is 0 Å². The van der Waals surface area contributed by atoms with Crippen LogP contribution in [0.2, 0.25) is 0 Å². The molecule has 0 aromatic carbocycles. The second-order valence-electron chi connectivity index (χ2n) is 4.37. The van der Waals surface area contributed by atoms with E-state index in [1.807, 2.05) is 6.92 Å². The van der Waals surface area contributed by atoms with Crippen molar-refractivity contribution in [2.75, 3.05) is 13.2 Å². The van der Waals surface area contributed by atoms with Crippen LogP contribution in [-0.2, 0) is 14.8 Å².